The lowest BCUT2D eigenvalue weighted by Gasteiger charge is -2.30. The van der Waals surface area contributed by atoms with Crippen LogP contribution in [0.4, 0.5) is 5.82 Å². The highest BCUT2D eigenvalue weighted by atomic mass is 35.5. The van der Waals surface area contributed by atoms with Crippen molar-refractivity contribution in [2.45, 2.75) is 18.2 Å². The first-order valence-electron chi connectivity index (χ1n) is 5.02. The summed E-state index contributed by atoms with van der Waals surface area (Å²) >= 11 is 5.90. The molecule has 1 heterocycles. The van der Waals surface area contributed by atoms with Gasteiger partial charge in [0.25, 0.3) is 0 Å². The highest BCUT2D eigenvalue weighted by Gasteiger charge is 2.26. The molecule has 1 saturated carbocycles. The van der Waals surface area contributed by atoms with Crippen LogP contribution in [0.5, 0.6) is 5.88 Å². The van der Waals surface area contributed by atoms with Crippen molar-refractivity contribution >= 4 is 17.4 Å². The van der Waals surface area contributed by atoms with Crippen LogP contribution in [-0.2, 0) is 0 Å². The smallest absolute Gasteiger partial charge is 0.233 e. The Balaban J connectivity index is 1.82. The van der Waals surface area contributed by atoms with E-state index in [2.05, 4.69) is 15.3 Å². The van der Waals surface area contributed by atoms with Crippen LogP contribution in [-0.4, -0.2) is 29.0 Å². The molecule has 82 valence electrons. The van der Waals surface area contributed by atoms with Gasteiger partial charge in [0.1, 0.15) is 5.82 Å². The number of methoxy groups -OCH3 is 1. The normalized spacial score (nSPS) is 24.4. The second kappa shape index (κ2) is 4.66. The van der Waals surface area contributed by atoms with E-state index in [1.807, 2.05) is 0 Å². The lowest BCUT2D eigenvalue weighted by molar-refractivity contribution is 0.341. The van der Waals surface area contributed by atoms with Crippen molar-refractivity contribution in [3.05, 3.63) is 12.4 Å². The summed E-state index contributed by atoms with van der Waals surface area (Å²) in [7, 11) is 1.58. The Hall–Kier alpha value is -1.03. The number of alkyl halides is 1. The monoisotopic (exact) mass is 227 g/mol. The Morgan fingerprint density at radius 3 is 3.00 bits per heavy atom. The van der Waals surface area contributed by atoms with Crippen LogP contribution >= 0.6 is 11.6 Å². The lowest BCUT2D eigenvalue weighted by Crippen LogP contribution is -2.30. The first-order valence-corrected chi connectivity index (χ1v) is 5.45. The van der Waals surface area contributed by atoms with E-state index in [1.165, 1.54) is 0 Å². The van der Waals surface area contributed by atoms with Crippen molar-refractivity contribution < 1.29 is 4.74 Å². The number of anilines is 1. The summed E-state index contributed by atoms with van der Waals surface area (Å²) < 4.78 is 4.98. The zero-order chi connectivity index (χ0) is 10.7. The Morgan fingerprint density at radius 1 is 1.53 bits per heavy atom. The van der Waals surface area contributed by atoms with Crippen molar-refractivity contribution in [2.75, 3.05) is 19.0 Å². The summed E-state index contributed by atoms with van der Waals surface area (Å²) in [5.41, 5.74) is 0. The molecule has 0 bridgehead atoms. The number of aromatic nitrogens is 2. The highest BCUT2D eigenvalue weighted by Crippen LogP contribution is 2.31. The van der Waals surface area contributed by atoms with Crippen molar-refractivity contribution in [3.63, 3.8) is 0 Å². The van der Waals surface area contributed by atoms with Crippen molar-refractivity contribution in [1.29, 1.82) is 0 Å². The molecule has 1 aromatic heterocycles. The van der Waals surface area contributed by atoms with Gasteiger partial charge < -0.3 is 10.1 Å². The van der Waals surface area contributed by atoms with Gasteiger partial charge in [-0.05, 0) is 18.8 Å². The van der Waals surface area contributed by atoms with Gasteiger partial charge in [-0.2, -0.15) is 4.98 Å². The molecule has 0 aromatic carbocycles. The van der Waals surface area contributed by atoms with Gasteiger partial charge in [-0.15, -0.1) is 11.6 Å². The number of hydrogen-bond donors (Lipinski definition) is 1. The molecule has 0 aliphatic heterocycles. The number of rotatable bonds is 4. The van der Waals surface area contributed by atoms with Crippen LogP contribution < -0.4 is 10.1 Å². The van der Waals surface area contributed by atoms with E-state index in [9.17, 15) is 0 Å². The third-order valence-corrected chi connectivity index (χ3v) is 2.93. The number of nitrogens with one attached hydrogen (secondary N) is 1. The molecule has 0 saturated heterocycles. The minimum absolute atomic E-state index is 0.369. The average Bonchev–Trinajstić information content (AvgIpc) is 2.23. The topological polar surface area (TPSA) is 47.0 Å². The van der Waals surface area contributed by atoms with Gasteiger partial charge in [0.2, 0.25) is 5.88 Å². The Kier molecular flexibility index (Phi) is 3.26. The van der Waals surface area contributed by atoms with E-state index >= 15 is 0 Å². The first-order chi connectivity index (χ1) is 7.28. The summed E-state index contributed by atoms with van der Waals surface area (Å²) in [5.74, 6) is 1.96. The molecule has 1 aliphatic rings. The Labute approximate surface area is 94.0 Å². The molecule has 0 amide bonds. The molecule has 2 rings (SSSR count). The van der Waals surface area contributed by atoms with E-state index in [0.717, 1.165) is 25.2 Å². The van der Waals surface area contributed by atoms with Gasteiger partial charge in [0.05, 0.1) is 19.5 Å². The number of nitrogens with zero attached hydrogens (tertiary/aromatic N) is 2. The maximum absolute atomic E-state index is 5.90. The second-order valence-electron chi connectivity index (χ2n) is 3.76. The zero-order valence-electron chi connectivity index (χ0n) is 8.61. The van der Waals surface area contributed by atoms with Gasteiger partial charge in [-0.1, -0.05) is 0 Å². The predicted molar refractivity (Wildman–Crippen MR) is 59.4 cm³/mol. The summed E-state index contributed by atoms with van der Waals surface area (Å²) in [6, 6.07) is 0. The SMILES string of the molecule is COc1cncc(NCC2CC(Cl)C2)n1. The van der Waals surface area contributed by atoms with Gasteiger partial charge in [0.15, 0.2) is 0 Å². The van der Waals surface area contributed by atoms with E-state index < -0.39 is 0 Å². The van der Waals surface area contributed by atoms with Crippen molar-refractivity contribution in [3.8, 4) is 5.88 Å². The molecule has 4 nitrogen and oxygen atoms in total. The minimum Gasteiger partial charge on any atom is -0.480 e. The number of halogens is 1. The molecule has 1 aliphatic carbocycles. The fourth-order valence-corrected chi connectivity index (χ4v) is 2.11. The lowest BCUT2D eigenvalue weighted by atomic mass is 9.85. The van der Waals surface area contributed by atoms with E-state index in [0.29, 0.717) is 17.2 Å². The molecule has 0 spiro atoms. The Bertz CT molecular complexity index is 328. The third-order valence-electron chi connectivity index (χ3n) is 2.57. The van der Waals surface area contributed by atoms with E-state index in [4.69, 9.17) is 16.3 Å². The van der Waals surface area contributed by atoms with Crippen LogP contribution in [0.2, 0.25) is 0 Å². The van der Waals surface area contributed by atoms with Crippen LogP contribution in [0, 0.1) is 5.92 Å². The Morgan fingerprint density at radius 2 is 2.33 bits per heavy atom. The van der Waals surface area contributed by atoms with E-state index in [-0.39, 0.29) is 0 Å². The number of hydrogen-bond acceptors (Lipinski definition) is 4. The molecule has 0 radical (unpaired) electrons. The summed E-state index contributed by atoms with van der Waals surface area (Å²) in [6.07, 6.45) is 5.46. The molecular formula is C10H14ClN3O. The summed E-state index contributed by atoms with van der Waals surface area (Å²) in [6.45, 7) is 0.908. The summed E-state index contributed by atoms with van der Waals surface area (Å²) in [5, 5.41) is 3.60. The molecule has 0 atom stereocenters. The van der Waals surface area contributed by atoms with Crippen LogP contribution in [0.25, 0.3) is 0 Å². The van der Waals surface area contributed by atoms with Crippen LogP contribution in [0.15, 0.2) is 12.4 Å². The maximum atomic E-state index is 5.90. The maximum Gasteiger partial charge on any atom is 0.233 e. The third kappa shape index (κ3) is 2.72. The highest BCUT2D eigenvalue weighted by molar-refractivity contribution is 6.21. The molecule has 5 heteroatoms. The zero-order valence-corrected chi connectivity index (χ0v) is 9.37. The largest absolute Gasteiger partial charge is 0.480 e. The van der Waals surface area contributed by atoms with Gasteiger partial charge in [-0.3, -0.25) is 4.98 Å². The molecule has 1 aromatic rings. The van der Waals surface area contributed by atoms with E-state index in [1.54, 1.807) is 19.5 Å². The fraction of sp³-hybridized carbons (Fsp3) is 0.600. The van der Waals surface area contributed by atoms with Gasteiger partial charge in [-0.25, -0.2) is 0 Å². The molecule has 1 fully saturated rings. The summed E-state index contributed by atoms with van der Waals surface area (Å²) in [4.78, 5) is 8.23. The van der Waals surface area contributed by atoms with Crippen molar-refractivity contribution in [1.82, 2.24) is 9.97 Å². The average molecular weight is 228 g/mol. The number of ether oxygens (including phenoxy) is 1. The predicted octanol–water partition coefficient (Wildman–Crippen LogP) is 1.91. The molecular weight excluding hydrogens is 214 g/mol. The fourth-order valence-electron chi connectivity index (χ4n) is 1.60. The van der Waals surface area contributed by atoms with Gasteiger partial charge in [0, 0.05) is 11.9 Å². The molecule has 1 N–H and O–H groups in total. The molecule has 0 unspecified atom stereocenters. The van der Waals surface area contributed by atoms with Crippen molar-refractivity contribution in [2.24, 2.45) is 5.92 Å². The standard InChI is InChI=1S/C10H14ClN3O/c1-15-10-6-12-5-9(14-10)13-4-7-2-8(11)3-7/h5-8H,2-4H2,1H3,(H,13,14). The van der Waals surface area contributed by atoms with Gasteiger partial charge >= 0.3 is 0 Å². The quantitative estimate of drug-likeness (QED) is 0.799. The van der Waals surface area contributed by atoms with Crippen LogP contribution in [0.3, 0.4) is 0 Å². The van der Waals surface area contributed by atoms with Crippen LogP contribution in [0.1, 0.15) is 12.8 Å². The minimum atomic E-state index is 0.369. The first kappa shape index (κ1) is 10.5. The second-order valence-corrected chi connectivity index (χ2v) is 4.38. The molecule has 15 heavy (non-hydrogen) atoms.